The van der Waals surface area contributed by atoms with Crippen molar-refractivity contribution in [3.05, 3.63) is 66.5 Å². The highest BCUT2D eigenvalue weighted by atomic mass is 32.2. The predicted molar refractivity (Wildman–Crippen MR) is 97.4 cm³/mol. The summed E-state index contributed by atoms with van der Waals surface area (Å²) in [6.07, 6.45) is 2.94. The molecule has 26 heavy (non-hydrogen) atoms. The van der Waals surface area contributed by atoms with Gasteiger partial charge in [-0.15, -0.1) is 0 Å². The molecule has 3 aromatic rings. The summed E-state index contributed by atoms with van der Waals surface area (Å²) in [5.74, 6) is -0.799. The summed E-state index contributed by atoms with van der Waals surface area (Å²) in [5, 5.41) is 16.6. The third-order valence-electron chi connectivity index (χ3n) is 3.82. The van der Waals surface area contributed by atoms with E-state index in [1.807, 2.05) is 30.3 Å². The SMILES string of the molecule is CCS(=O)(=O)c1ccc(O)c(NC(=O)c2cnn(-c3ccccc3)c2)c1. The molecule has 1 heterocycles. The highest BCUT2D eigenvalue weighted by Gasteiger charge is 2.16. The molecule has 0 unspecified atom stereocenters. The van der Waals surface area contributed by atoms with Gasteiger partial charge in [-0.1, -0.05) is 25.1 Å². The van der Waals surface area contributed by atoms with Crippen LogP contribution in [0.5, 0.6) is 5.75 Å². The van der Waals surface area contributed by atoms with E-state index in [0.717, 1.165) is 5.69 Å². The lowest BCUT2D eigenvalue weighted by Crippen LogP contribution is -2.12. The molecule has 0 aliphatic rings. The predicted octanol–water partition coefficient (Wildman–Crippen LogP) is 2.62. The number of aromatic nitrogens is 2. The second-order valence-electron chi connectivity index (χ2n) is 5.55. The quantitative estimate of drug-likeness (QED) is 0.672. The average molecular weight is 371 g/mol. The summed E-state index contributed by atoms with van der Waals surface area (Å²) in [5.41, 5.74) is 1.10. The first-order valence-corrected chi connectivity index (χ1v) is 9.53. The number of phenolic OH excluding ortho intramolecular Hbond substituents is 1. The summed E-state index contributed by atoms with van der Waals surface area (Å²) in [7, 11) is -3.45. The van der Waals surface area contributed by atoms with E-state index >= 15 is 0 Å². The van der Waals surface area contributed by atoms with Crippen molar-refractivity contribution in [2.24, 2.45) is 0 Å². The number of aromatic hydroxyl groups is 1. The Bertz CT molecular complexity index is 1040. The molecule has 0 aliphatic carbocycles. The number of para-hydroxylation sites is 1. The Balaban J connectivity index is 1.85. The van der Waals surface area contributed by atoms with Crippen molar-refractivity contribution in [3.63, 3.8) is 0 Å². The van der Waals surface area contributed by atoms with Crippen molar-refractivity contribution in [2.45, 2.75) is 11.8 Å². The Labute approximate surface area is 150 Å². The van der Waals surface area contributed by atoms with Crippen LogP contribution in [0.4, 0.5) is 5.69 Å². The number of anilines is 1. The van der Waals surface area contributed by atoms with E-state index in [9.17, 15) is 18.3 Å². The fourth-order valence-electron chi connectivity index (χ4n) is 2.33. The second-order valence-corrected chi connectivity index (χ2v) is 7.82. The Morgan fingerprint density at radius 3 is 2.62 bits per heavy atom. The minimum absolute atomic E-state index is 0.0250. The van der Waals surface area contributed by atoms with Crippen molar-refractivity contribution in [3.8, 4) is 11.4 Å². The van der Waals surface area contributed by atoms with Crippen LogP contribution in [0.1, 0.15) is 17.3 Å². The molecule has 0 fully saturated rings. The van der Waals surface area contributed by atoms with E-state index in [1.54, 1.807) is 10.9 Å². The zero-order chi connectivity index (χ0) is 18.7. The molecule has 1 aromatic heterocycles. The lowest BCUT2D eigenvalue weighted by Gasteiger charge is -2.09. The van der Waals surface area contributed by atoms with Crippen LogP contribution in [-0.2, 0) is 9.84 Å². The number of hydrogen-bond donors (Lipinski definition) is 2. The van der Waals surface area contributed by atoms with Gasteiger partial charge in [0.05, 0.1) is 33.8 Å². The maximum absolute atomic E-state index is 12.4. The summed E-state index contributed by atoms with van der Waals surface area (Å²) in [6.45, 7) is 1.53. The van der Waals surface area contributed by atoms with Crippen LogP contribution in [0.3, 0.4) is 0 Å². The van der Waals surface area contributed by atoms with Gasteiger partial charge in [-0.2, -0.15) is 5.10 Å². The van der Waals surface area contributed by atoms with Gasteiger partial charge in [0.1, 0.15) is 5.75 Å². The number of nitrogens with one attached hydrogen (secondary N) is 1. The van der Waals surface area contributed by atoms with E-state index < -0.39 is 15.7 Å². The Morgan fingerprint density at radius 2 is 1.92 bits per heavy atom. The normalized spacial score (nSPS) is 11.3. The van der Waals surface area contributed by atoms with Crippen molar-refractivity contribution in [1.29, 1.82) is 0 Å². The fraction of sp³-hybridized carbons (Fsp3) is 0.111. The van der Waals surface area contributed by atoms with Gasteiger partial charge in [0.15, 0.2) is 9.84 Å². The zero-order valence-electron chi connectivity index (χ0n) is 14.0. The number of carbonyl (C=O) groups excluding carboxylic acids is 1. The van der Waals surface area contributed by atoms with Gasteiger partial charge in [-0.25, -0.2) is 13.1 Å². The van der Waals surface area contributed by atoms with Gasteiger partial charge in [0, 0.05) is 6.20 Å². The van der Waals surface area contributed by atoms with Crippen LogP contribution in [-0.4, -0.2) is 35.0 Å². The van der Waals surface area contributed by atoms with E-state index in [4.69, 9.17) is 0 Å². The standard InChI is InChI=1S/C18H17N3O4S/c1-2-26(24,25)15-8-9-17(22)16(10-15)20-18(23)13-11-19-21(12-13)14-6-4-3-5-7-14/h3-12,22H,2H2,1H3,(H,20,23). The molecule has 134 valence electrons. The average Bonchev–Trinajstić information content (AvgIpc) is 3.14. The van der Waals surface area contributed by atoms with Crippen LogP contribution in [0, 0.1) is 0 Å². The lowest BCUT2D eigenvalue weighted by atomic mass is 10.2. The smallest absolute Gasteiger partial charge is 0.258 e. The third kappa shape index (κ3) is 3.60. The van der Waals surface area contributed by atoms with Gasteiger partial charge >= 0.3 is 0 Å². The highest BCUT2D eigenvalue weighted by Crippen LogP contribution is 2.27. The molecule has 1 amide bonds. The number of sulfone groups is 1. The third-order valence-corrected chi connectivity index (χ3v) is 5.55. The molecule has 0 atom stereocenters. The largest absolute Gasteiger partial charge is 0.506 e. The minimum atomic E-state index is -3.45. The first kappa shape index (κ1) is 17.7. The summed E-state index contributed by atoms with van der Waals surface area (Å²) < 4.78 is 25.5. The van der Waals surface area contributed by atoms with Gasteiger partial charge in [0.25, 0.3) is 5.91 Å². The van der Waals surface area contributed by atoms with Crippen LogP contribution >= 0.6 is 0 Å². The van der Waals surface area contributed by atoms with Gasteiger partial charge < -0.3 is 10.4 Å². The zero-order valence-corrected chi connectivity index (χ0v) is 14.8. The monoisotopic (exact) mass is 371 g/mol. The maximum Gasteiger partial charge on any atom is 0.258 e. The molecule has 2 aromatic carbocycles. The number of hydrogen-bond acceptors (Lipinski definition) is 5. The fourth-order valence-corrected chi connectivity index (χ4v) is 3.24. The number of carbonyl (C=O) groups is 1. The van der Waals surface area contributed by atoms with E-state index in [-0.39, 0.29) is 27.6 Å². The topological polar surface area (TPSA) is 101 Å². The molecule has 0 spiro atoms. The van der Waals surface area contributed by atoms with Crippen molar-refractivity contribution in [2.75, 3.05) is 11.1 Å². The Kier molecular flexibility index (Phi) is 4.77. The first-order chi connectivity index (χ1) is 12.4. The van der Waals surface area contributed by atoms with Gasteiger partial charge in [-0.05, 0) is 30.3 Å². The Hall–Kier alpha value is -3.13. The van der Waals surface area contributed by atoms with Crippen LogP contribution in [0.15, 0.2) is 65.8 Å². The van der Waals surface area contributed by atoms with Crippen LogP contribution in [0.25, 0.3) is 5.69 Å². The molecule has 7 nitrogen and oxygen atoms in total. The summed E-state index contributed by atoms with van der Waals surface area (Å²) in [6, 6.07) is 13.1. The molecule has 0 bridgehead atoms. The molecule has 0 saturated carbocycles. The maximum atomic E-state index is 12.4. The summed E-state index contributed by atoms with van der Waals surface area (Å²) >= 11 is 0. The van der Waals surface area contributed by atoms with Gasteiger partial charge in [-0.3, -0.25) is 4.79 Å². The van der Waals surface area contributed by atoms with Crippen molar-refractivity contribution >= 4 is 21.4 Å². The molecule has 2 N–H and O–H groups in total. The number of amides is 1. The van der Waals surface area contributed by atoms with Gasteiger partial charge in [0.2, 0.25) is 0 Å². The number of rotatable bonds is 5. The van der Waals surface area contributed by atoms with Crippen LogP contribution in [0.2, 0.25) is 0 Å². The number of nitrogens with zero attached hydrogens (tertiary/aromatic N) is 2. The second kappa shape index (κ2) is 7.01. The van der Waals surface area contributed by atoms with Crippen molar-refractivity contribution in [1.82, 2.24) is 9.78 Å². The van der Waals surface area contributed by atoms with E-state index in [1.165, 1.54) is 31.3 Å². The molecule has 0 radical (unpaired) electrons. The molecular weight excluding hydrogens is 354 g/mol. The van der Waals surface area contributed by atoms with Crippen LogP contribution < -0.4 is 5.32 Å². The van der Waals surface area contributed by atoms with E-state index in [0.29, 0.717) is 0 Å². The molecule has 0 aliphatic heterocycles. The number of benzene rings is 2. The van der Waals surface area contributed by atoms with E-state index in [2.05, 4.69) is 10.4 Å². The molecular formula is C18H17N3O4S. The lowest BCUT2D eigenvalue weighted by molar-refractivity contribution is 0.102. The molecule has 8 heteroatoms. The first-order valence-electron chi connectivity index (χ1n) is 7.88. The molecule has 3 rings (SSSR count). The molecule has 0 saturated heterocycles. The minimum Gasteiger partial charge on any atom is -0.506 e. The highest BCUT2D eigenvalue weighted by molar-refractivity contribution is 7.91. The van der Waals surface area contributed by atoms with Crippen molar-refractivity contribution < 1.29 is 18.3 Å². The Morgan fingerprint density at radius 1 is 1.19 bits per heavy atom. The summed E-state index contributed by atoms with van der Waals surface area (Å²) in [4.78, 5) is 12.5. The number of phenols is 1.